The molecule has 2 aliphatic rings. The Morgan fingerprint density at radius 1 is 0.342 bits per heavy atom. The lowest BCUT2D eigenvalue weighted by Gasteiger charge is -2.32. The molecule has 28 nitrogen and oxygen atoms in total. The minimum atomic E-state index is -1.07. The molecule has 434 valence electrons. The maximum absolute atomic E-state index is 13.6. The molecule has 2 heterocycles. The SMILES string of the molecule is CCCCCCNC(=O)CN(CCNC(=O)CN1CCN(CC(=O)O)CCN(CC(=O)O)CCN(CC(=O)O)CC1)C(=O)CCCCCNC(=O)CN1CCN(CC(=O)O)CCN(CC(=O)O)CCN(CC(=O)O)CC1. The number of hydrogen-bond donors (Lipinski definition) is 9. The number of amides is 4. The van der Waals surface area contributed by atoms with Crippen molar-refractivity contribution >= 4 is 59.4 Å². The van der Waals surface area contributed by atoms with Crippen molar-refractivity contribution in [3.63, 3.8) is 0 Å². The molecule has 0 aromatic rings. The van der Waals surface area contributed by atoms with E-state index in [1.807, 2.05) is 4.90 Å². The Kier molecular flexibility index (Phi) is 34.0. The molecule has 0 saturated carbocycles. The topological polar surface area (TPSA) is 357 Å². The van der Waals surface area contributed by atoms with Crippen LogP contribution >= 0.6 is 0 Å². The zero-order valence-corrected chi connectivity index (χ0v) is 44.5. The Labute approximate surface area is 445 Å². The molecule has 76 heavy (non-hydrogen) atoms. The first-order valence-corrected chi connectivity index (χ1v) is 26.4. The van der Waals surface area contributed by atoms with Crippen LogP contribution in [-0.2, 0) is 47.9 Å². The fourth-order valence-corrected chi connectivity index (χ4v) is 8.68. The lowest BCUT2D eigenvalue weighted by molar-refractivity contribution is -0.140. The Morgan fingerprint density at radius 2 is 0.605 bits per heavy atom. The molecule has 4 amide bonds. The second-order valence-corrected chi connectivity index (χ2v) is 19.3. The van der Waals surface area contributed by atoms with Crippen molar-refractivity contribution in [2.75, 3.05) is 190 Å². The van der Waals surface area contributed by atoms with Crippen LogP contribution in [0.4, 0.5) is 0 Å². The van der Waals surface area contributed by atoms with Crippen molar-refractivity contribution in [2.45, 2.75) is 58.3 Å². The summed E-state index contributed by atoms with van der Waals surface area (Å²) in [6.45, 7) is 4.69. The number of carbonyl (C=O) groups is 10. The Hall–Kier alpha value is -5.62. The van der Waals surface area contributed by atoms with Gasteiger partial charge in [-0.15, -0.1) is 0 Å². The van der Waals surface area contributed by atoms with E-state index in [1.165, 1.54) is 4.90 Å². The largest absolute Gasteiger partial charge is 0.480 e. The van der Waals surface area contributed by atoms with E-state index in [0.29, 0.717) is 45.4 Å². The molecule has 0 bridgehead atoms. The predicted molar refractivity (Wildman–Crippen MR) is 276 cm³/mol. The van der Waals surface area contributed by atoms with E-state index in [2.05, 4.69) is 22.9 Å². The van der Waals surface area contributed by atoms with E-state index in [1.54, 1.807) is 34.3 Å². The Morgan fingerprint density at radius 3 is 0.895 bits per heavy atom. The van der Waals surface area contributed by atoms with Crippen LogP contribution in [0.3, 0.4) is 0 Å². The average molecular weight is 1090 g/mol. The highest BCUT2D eigenvalue weighted by molar-refractivity contribution is 5.85. The highest BCUT2D eigenvalue weighted by atomic mass is 16.4. The van der Waals surface area contributed by atoms with Gasteiger partial charge in [-0.1, -0.05) is 32.6 Å². The zero-order chi connectivity index (χ0) is 56.3. The number of aliphatic carboxylic acids is 6. The Bertz CT molecular complexity index is 1770. The molecule has 28 heteroatoms. The standard InChI is InChI=1S/C48H86N12O16/c1-2-3-4-7-10-50-41(63)32-60(13-12-51-40(62)31-53-16-20-56(35-45(69)70)24-28-59(38-48(75)76)29-25-57(21-17-53)36-46(71)72)42(64)9-6-5-8-11-49-39(61)30-52-14-18-54(33-43(65)66)22-26-58(37-47(73)74)27-23-55(19-15-52)34-44(67)68/h2-38H2,1H3,(H,49,61)(H,50,63)(H,51,62)(H,65,66)(H,67,68)(H,69,70)(H,71,72)(H,73,74)(H,75,76). The van der Waals surface area contributed by atoms with Gasteiger partial charge in [-0.3, -0.25) is 87.1 Å². The second kappa shape index (κ2) is 38.8. The van der Waals surface area contributed by atoms with E-state index in [9.17, 15) is 78.6 Å². The van der Waals surface area contributed by atoms with E-state index in [-0.39, 0.29) is 188 Å². The van der Waals surface area contributed by atoms with Gasteiger partial charge in [0.05, 0.1) is 58.9 Å². The third-order valence-corrected chi connectivity index (χ3v) is 12.9. The first kappa shape index (κ1) is 66.5. The average Bonchev–Trinajstić information content (AvgIpc) is 3.32. The summed E-state index contributed by atoms with van der Waals surface area (Å²) >= 11 is 0. The van der Waals surface area contributed by atoms with Crippen LogP contribution in [0.15, 0.2) is 0 Å². The highest BCUT2D eigenvalue weighted by Crippen LogP contribution is 2.07. The normalized spacial score (nSPS) is 17.4. The van der Waals surface area contributed by atoms with Gasteiger partial charge in [0.2, 0.25) is 23.6 Å². The van der Waals surface area contributed by atoms with Gasteiger partial charge >= 0.3 is 35.8 Å². The van der Waals surface area contributed by atoms with Gasteiger partial charge in [0, 0.05) is 137 Å². The minimum absolute atomic E-state index is 0.0154. The summed E-state index contributed by atoms with van der Waals surface area (Å²) in [6, 6.07) is 0. The van der Waals surface area contributed by atoms with Crippen molar-refractivity contribution in [3.8, 4) is 0 Å². The molecule has 0 aromatic carbocycles. The van der Waals surface area contributed by atoms with Crippen LogP contribution in [0, 0.1) is 0 Å². The van der Waals surface area contributed by atoms with Crippen molar-refractivity contribution in [2.24, 2.45) is 0 Å². The summed E-state index contributed by atoms with van der Waals surface area (Å²) in [5.41, 5.74) is 0. The van der Waals surface area contributed by atoms with Gasteiger partial charge in [0.15, 0.2) is 0 Å². The van der Waals surface area contributed by atoms with Crippen LogP contribution in [0.2, 0.25) is 0 Å². The number of unbranched alkanes of at least 4 members (excludes halogenated alkanes) is 5. The van der Waals surface area contributed by atoms with Gasteiger partial charge in [-0.2, -0.15) is 0 Å². The number of nitrogens with one attached hydrogen (secondary N) is 3. The van der Waals surface area contributed by atoms with Crippen LogP contribution < -0.4 is 16.0 Å². The molecule has 2 rings (SSSR count). The van der Waals surface area contributed by atoms with Crippen molar-refractivity contribution < 1.29 is 78.6 Å². The summed E-state index contributed by atoms with van der Waals surface area (Å²) in [7, 11) is 0. The molecule has 0 spiro atoms. The maximum Gasteiger partial charge on any atom is 0.317 e. The number of hydrogen-bond acceptors (Lipinski definition) is 18. The number of carboxylic acids is 6. The second-order valence-electron chi connectivity index (χ2n) is 19.3. The van der Waals surface area contributed by atoms with E-state index in [4.69, 9.17) is 0 Å². The third-order valence-electron chi connectivity index (χ3n) is 12.9. The number of carbonyl (C=O) groups excluding carboxylic acids is 4. The summed E-state index contributed by atoms with van der Waals surface area (Å²) in [5.74, 6) is -7.72. The molecular weight excluding hydrogens is 1000 g/mol. The van der Waals surface area contributed by atoms with Gasteiger partial charge in [-0.25, -0.2) is 0 Å². The quantitative estimate of drug-likeness (QED) is 0.0292. The molecule has 2 saturated heterocycles. The third kappa shape index (κ3) is 33.4. The van der Waals surface area contributed by atoms with Crippen LogP contribution in [0.25, 0.3) is 0 Å². The number of carboxylic acid groups (broad SMARTS) is 6. The first-order valence-electron chi connectivity index (χ1n) is 26.4. The van der Waals surface area contributed by atoms with Crippen molar-refractivity contribution in [1.82, 2.24) is 60.0 Å². The number of nitrogens with zero attached hydrogens (tertiary/aromatic N) is 9. The first-order chi connectivity index (χ1) is 36.2. The molecule has 0 radical (unpaired) electrons. The monoisotopic (exact) mass is 1090 g/mol. The summed E-state index contributed by atoms with van der Waals surface area (Å²) in [5, 5.41) is 65.5. The molecule has 0 unspecified atom stereocenters. The van der Waals surface area contributed by atoms with Crippen LogP contribution in [-0.4, -0.2) is 324 Å². The lowest BCUT2D eigenvalue weighted by atomic mass is 10.1. The fraction of sp³-hybridized carbons (Fsp3) is 0.792. The predicted octanol–water partition coefficient (Wildman–Crippen LogP) is -3.74. The molecule has 2 aliphatic heterocycles. The van der Waals surface area contributed by atoms with Gasteiger partial charge in [-0.05, 0) is 19.3 Å². The molecule has 2 fully saturated rings. The highest BCUT2D eigenvalue weighted by Gasteiger charge is 2.24. The van der Waals surface area contributed by atoms with E-state index in [0.717, 1.165) is 25.7 Å². The van der Waals surface area contributed by atoms with Gasteiger partial charge < -0.3 is 51.5 Å². The van der Waals surface area contributed by atoms with Gasteiger partial charge in [0.1, 0.15) is 0 Å². The summed E-state index contributed by atoms with van der Waals surface area (Å²) < 4.78 is 0. The van der Waals surface area contributed by atoms with Crippen LogP contribution in [0.1, 0.15) is 58.3 Å². The number of rotatable bonds is 32. The fourth-order valence-electron chi connectivity index (χ4n) is 8.68. The van der Waals surface area contributed by atoms with Gasteiger partial charge in [0.25, 0.3) is 0 Å². The molecule has 9 N–H and O–H groups in total. The minimum Gasteiger partial charge on any atom is -0.480 e. The lowest BCUT2D eigenvalue weighted by Crippen LogP contribution is -2.50. The van der Waals surface area contributed by atoms with E-state index < -0.39 is 41.7 Å². The summed E-state index contributed by atoms with van der Waals surface area (Å²) in [6.07, 6.45) is 5.40. The van der Waals surface area contributed by atoms with Crippen molar-refractivity contribution in [1.29, 1.82) is 0 Å². The molecule has 0 atom stereocenters. The Balaban J connectivity index is 2.02. The molecule has 0 aromatic heterocycles. The van der Waals surface area contributed by atoms with Crippen LogP contribution in [0.5, 0.6) is 0 Å². The molecule has 0 aliphatic carbocycles. The summed E-state index contributed by atoms with van der Waals surface area (Å²) in [4.78, 5) is 138. The zero-order valence-electron chi connectivity index (χ0n) is 44.5. The van der Waals surface area contributed by atoms with E-state index >= 15 is 0 Å². The smallest absolute Gasteiger partial charge is 0.317 e. The van der Waals surface area contributed by atoms with Crippen molar-refractivity contribution in [3.05, 3.63) is 0 Å². The molecular formula is C48H86N12O16. The maximum atomic E-state index is 13.6.